The highest BCUT2D eigenvalue weighted by Crippen LogP contribution is 2.10. The lowest BCUT2D eigenvalue weighted by atomic mass is 10.1. The number of aliphatic imine (C=N–C) groups is 1. The average Bonchev–Trinajstić information content (AvgIpc) is 2.45. The first-order chi connectivity index (χ1) is 10.4. The Labute approximate surface area is 158 Å². The fourth-order valence-electron chi connectivity index (χ4n) is 2.53. The Morgan fingerprint density at radius 3 is 2.43 bits per heavy atom. The van der Waals surface area contributed by atoms with Gasteiger partial charge >= 0.3 is 0 Å². The van der Waals surface area contributed by atoms with Gasteiger partial charge in [-0.25, -0.2) is 13.1 Å². The molecule has 0 bridgehead atoms. The Balaban J connectivity index is 0.00000484. The molecule has 0 aliphatic carbocycles. The number of rotatable bonds is 8. The van der Waals surface area contributed by atoms with E-state index in [1.165, 1.54) is 13.0 Å². The van der Waals surface area contributed by atoms with Crippen LogP contribution in [0.2, 0.25) is 0 Å². The van der Waals surface area contributed by atoms with Crippen LogP contribution < -0.4 is 15.4 Å². The minimum Gasteiger partial charge on any atom is -0.357 e. The van der Waals surface area contributed by atoms with Gasteiger partial charge in [-0.2, -0.15) is 0 Å². The van der Waals surface area contributed by atoms with Gasteiger partial charge in [0.15, 0.2) is 5.96 Å². The standard InChI is InChI=1S/C14H31N5O2S.HI/c1-4-10-19-11-6-13(7-12-19)18-14(15-5-2)16-8-9-17-22(3,20)21;/h13,17H,4-12H2,1-3H3,(H2,15,16,18);1H. The Hall–Kier alpha value is -0.130. The van der Waals surface area contributed by atoms with Gasteiger partial charge in [0.25, 0.3) is 0 Å². The number of halogens is 1. The largest absolute Gasteiger partial charge is 0.357 e. The third-order valence-corrected chi connectivity index (χ3v) is 4.29. The summed E-state index contributed by atoms with van der Waals surface area (Å²) >= 11 is 0. The maximum atomic E-state index is 11.0. The monoisotopic (exact) mass is 461 g/mol. The second kappa shape index (κ2) is 12.3. The number of hydrogen-bond acceptors (Lipinski definition) is 4. The molecule has 1 aliphatic heterocycles. The molecular weight excluding hydrogens is 429 g/mol. The highest BCUT2D eigenvalue weighted by Gasteiger charge is 2.19. The van der Waals surface area contributed by atoms with Gasteiger partial charge in [-0.1, -0.05) is 6.92 Å². The molecule has 23 heavy (non-hydrogen) atoms. The van der Waals surface area contributed by atoms with Crippen LogP contribution in [0.15, 0.2) is 4.99 Å². The molecule has 0 spiro atoms. The summed E-state index contributed by atoms with van der Waals surface area (Å²) in [5.74, 6) is 0.770. The molecule has 0 unspecified atom stereocenters. The zero-order chi connectivity index (χ0) is 16.4. The lowest BCUT2D eigenvalue weighted by Crippen LogP contribution is -2.49. The second-order valence-electron chi connectivity index (χ2n) is 5.69. The van der Waals surface area contributed by atoms with Crippen LogP contribution in [0.5, 0.6) is 0 Å². The Morgan fingerprint density at radius 2 is 1.91 bits per heavy atom. The van der Waals surface area contributed by atoms with E-state index < -0.39 is 10.0 Å². The van der Waals surface area contributed by atoms with Crippen LogP contribution in [-0.2, 0) is 10.0 Å². The van der Waals surface area contributed by atoms with E-state index in [0.29, 0.717) is 19.1 Å². The van der Waals surface area contributed by atoms with Crippen LogP contribution in [0, 0.1) is 0 Å². The molecule has 3 N–H and O–H groups in total. The SMILES string of the molecule is CCCN1CCC(NC(=NCCNS(C)(=O)=O)NCC)CC1.I. The highest BCUT2D eigenvalue weighted by molar-refractivity contribution is 14.0. The molecular formula is C14H32IN5O2S. The number of likely N-dealkylation sites (tertiary alicyclic amines) is 1. The lowest BCUT2D eigenvalue weighted by molar-refractivity contribution is 0.206. The first kappa shape index (κ1) is 22.9. The molecule has 0 saturated carbocycles. The zero-order valence-electron chi connectivity index (χ0n) is 14.5. The normalized spacial score (nSPS) is 17.6. The summed E-state index contributed by atoms with van der Waals surface area (Å²) in [4.78, 5) is 6.92. The van der Waals surface area contributed by atoms with Crippen molar-refractivity contribution in [3.05, 3.63) is 0 Å². The summed E-state index contributed by atoms with van der Waals surface area (Å²) in [6.45, 7) is 9.21. The van der Waals surface area contributed by atoms with Crippen molar-refractivity contribution in [1.82, 2.24) is 20.3 Å². The molecule has 7 nitrogen and oxygen atoms in total. The minimum absolute atomic E-state index is 0. The summed E-state index contributed by atoms with van der Waals surface area (Å²) < 4.78 is 24.5. The molecule has 1 rings (SSSR count). The second-order valence-corrected chi connectivity index (χ2v) is 7.52. The first-order valence-corrected chi connectivity index (χ1v) is 10.1. The molecule has 1 heterocycles. The topological polar surface area (TPSA) is 85.8 Å². The third-order valence-electron chi connectivity index (χ3n) is 3.56. The van der Waals surface area contributed by atoms with Crippen molar-refractivity contribution in [2.45, 2.75) is 39.2 Å². The average molecular weight is 461 g/mol. The van der Waals surface area contributed by atoms with E-state index in [2.05, 4.69) is 32.2 Å². The molecule has 0 atom stereocenters. The van der Waals surface area contributed by atoms with Crippen LogP contribution in [0.25, 0.3) is 0 Å². The van der Waals surface area contributed by atoms with Gasteiger partial charge in [0.1, 0.15) is 0 Å². The minimum atomic E-state index is -3.14. The van der Waals surface area contributed by atoms with Crippen molar-refractivity contribution in [2.75, 3.05) is 45.5 Å². The fraction of sp³-hybridized carbons (Fsp3) is 0.929. The van der Waals surface area contributed by atoms with E-state index in [-0.39, 0.29) is 24.0 Å². The Morgan fingerprint density at radius 1 is 1.26 bits per heavy atom. The quantitative estimate of drug-likeness (QED) is 0.213. The molecule has 9 heteroatoms. The van der Waals surface area contributed by atoms with Gasteiger partial charge < -0.3 is 15.5 Å². The van der Waals surface area contributed by atoms with E-state index in [4.69, 9.17) is 0 Å². The van der Waals surface area contributed by atoms with Gasteiger partial charge in [-0.05, 0) is 32.7 Å². The Bertz CT molecular complexity index is 436. The number of hydrogen-bond donors (Lipinski definition) is 3. The van der Waals surface area contributed by atoms with Gasteiger partial charge in [0.2, 0.25) is 10.0 Å². The van der Waals surface area contributed by atoms with E-state index in [9.17, 15) is 8.42 Å². The van der Waals surface area contributed by atoms with Gasteiger partial charge in [0, 0.05) is 32.2 Å². The molecule has 1 saturated heterocycles. The smallest absolute Gasteiger partial charge is 0.208 e. The molecule has 0 aromatic heterocycles. The molecule has 0 aromatic rings. The van der Waals surface area contributed by atoms with E-state index in [0.717, 1.165) is 44.7 Å². The number of nitrogens with zero attached hydrogens (tertiary/aromatic N) is 2. The molecule has 1 fully saturated rings. The van der Waals surface area contributed by atoms with E-state index >= 15 is 0 Å². The molecule has 0 radical (unpaired) electrons. The summed E-state index contributed by atoms with van der Waals surface area (Å²) in [5.41, 5.74) is 0. The van der Waals surface area contributed by atoms with E-state index in [1.54, 1.807) is 0 Å². The van der Waals surface area contributed by atoms with Crippen LogP contribution in [0.1, 0.15) is 33.1 Å². The molecule has 0 amide bonds. The fourth-order valence-corrected chi connectivity index (χ4v) is 2.99. The van der Waals surface area contributed by atoms with Crippen molar-refractivity contribution in [3.8, 4) is 0 Å². The number of sulfonamides is 1. The maximum Gasteiger partial charge on any atom is 0.208 e. The van der Waals surface area contributed by atoms with Crippen LogP contribution >= 0.6 is 24.0 Å². The summed E-state index contributed by atoms with van der Waals surface area (Å²) in [6, 6.07) is 0.439. The lowest BCUT2D eigenvalue weighted by Gasteiger charge is -2.32. The van der Waals surface area contributed by atoms with Crippen molar-refractivity contribution in [2.24, 2.45) is 4.99 Å². The summed E-state index contributed by atoms with van der Waals surface area (Å²) in [5, 5.41) is 6.66. The predicted octanol–water partition coefficient (Wildman–Crippen LogP) is 0.583. The summed E-state index contributed by atoms with van der Waals surface area (Å²) in [7, 11) is -3.14. The first-order valence-electron chi connectivity index (χ1n) is 8.16. The van der Waals surface area contributed by atoms with Crippen molar-refractivity contribution in [3.63, 3.8) is 0 Å². The van der Waals surface area contributed by atoms with Crippen molar-refractivity contribution < 1.29 is 8.42 Å². The Kier molecular flexibility index (Phi) is 12.2. The molecule has 0 aromatic carbocycles. The van der Waals surface area contributed by atoms with Gasteiger partial charge in [-0.15, -0.1) is 24.0 Å². The van der Waals surface area contributed by atoms with Crippen LogP contribution in [0.3, 0.4) is 0 Å². The number of guanidine groups is 1. The van der Waals surface area contributed by atoms with Crippen molar-refractivity contribution >= 4 is 40.0 Å². The molecule has 1 aliphatic rings. The van der Waals surface area contributed by atoms with Gasteiger partial charge in [-0.3, -0.25) is 4.99 Å². The highest BCUT2D eigenvalue weighted by atomic mass is 127. The van der Waals surface area contributed by atoms with Crippen molar-refractivity contribution in [1.29, 1.82) is 0 Å². The summed E-state index contributed by atoms with van der Waals surface area (Å²) in [6.07, 6.45) is 4.60. The van der Waals surface area contributed by atoms with Crippen LogP contribution in [-0.4, -0.2) is 70.8 Å². The number of nitrogens with one attached hydrogen (secondary N) is 3. The third kappa shape index (κ3) is 11.1. The van der Waals surface area contributed by atoms with Crippen LogP contribution in [0.4, 0.5) is 0 Å². The molecule has 138 valence electrons. The number of piperidine rings is 1. The maximum absolute atomic E-state index is 11.0. The zero-order valence-corrected chi connectivity index (χ0v) is 17.6. The predicted molar refractivity (Wildman–Crippen MR) is 107 cm³/mol. The van der Waals surface area contributed by atoms with Gasteiger partial charge in [0.05, 0.1) is 12.8 Å². The van der Waals surface area contributed by atoms with E-state index in [1.807, 2.05) is 6.92 Å².